The Morgan fingerprint density at radius 1 is 0.652 bits per heavy atom. The van der Waals surface area contributed by atoms with E-state index < -0.39 is 13.5 Å². The molecule has 0 aromatic rings. The third-order valence-electron chi connectivity index (χ3n) is 3.72. The Balaban J connectivity index is 0. The Bertz CT molecular complexity index is 224. The first-order valence-electron chi connectivity index (χ1n) is 9.14. The Labute approximate surface area is 162 Å². The van der Waals surface area contributed by atoms with Crippen molar-refractivity contribution in [3.63, 3.8) is 0 Å². The van der Waals surface area contributed by atoms with Crippen molar-refractivity contribution < 1.29 is 13.5 Å². The summed E-state index contributed by atoms with van der Waals surface area (Å²) >= 11 is -1.92. The number of unbranched alkanes of at least 4 members (excludes halogenated alkanes) is 12. The molecule has 2 N–H and O–H groups in total. The zero-order valence-electron chi connectivity index (χ0n) is 14.8. The summed E-state index contributed by atoms with van der Waals surface area (Å²) in [7, 11) is 14.9. The van der Waals surface area contributed by atoms with Crippen molar-refractivity contribution in [2.45, 2.75) is 96.8 Å². The van der Waals surface area contributed by atoms with E-state index in [-0.39, 0.29) is 0 Å². The molecule has 1 nitrogen and oxygen atoms in total. The van der Waals surface area contributed by atoms with E-state index in [1.807, 2.05) is 0 Å². The molecule has 0 aliphatic heterocycles. The van der Waals surface area contributed by atoms with E-state index in [2.05, 4.69) is 19.1 Å². The molecule has 0 aliphatic rings. The Morgan fingerprint density at radius 2 is 1.00 bits per heavy atom. The molecule has 0 bridgehead atoms. The molecule has 0 atom stereocenters. The summed E-state index contributed by atoms with van der Waals surface area (Å²) in [5.74, 6) is 0. The summed E-state index contributed by atoms with van der Waals surface area (Å²) in [6.07, 6.45) is 23.9. The van der Waals surface area contributed by atoms with Gasteiger partial charge in [0.2, 0.25) is 0 Å². The van der Waals surface area contributed by atoms with Crippen LogP contribution in [0.5, 0.6) is 0 Å². The number of nitrogens with two attached hydrogens (primary N) is 1. The van der Waals surface area contributed by atoms with Gasteiger partial charge in [-0.05, 0) is 38.6 Å². The van der Waals surface area contributed by atoms with Crippen LogP contribution in [0.15, 0.2) is 12.2 Å². The molecule has 0 heterocycles. The Morgan fingerprint density at radius 3 is 1.39 bits per heavy atom. The van der Waals surface area contributed by atoms with Crippen LogP contribution in [0.25, 0.3) is 0 Å². The Kier molecular flexibility index (Phi) is 29.3. The van der Waals surface area contributed by atoms with E-state index in [9.17, 15) is 0 Å². The number of hydrogen-bond donors (Lipinski definition) is 1. The zero-order valence-corrected chi connectivity index (χ0v) is 19.5. The van der Waals surface area contributed by atoms with Gasteiger partial charge in [-0.3, -0.25) is 0 Å². The fraction of sp³-hybridized carbons (Fsp3) is 0.889. The standard InChI is InChI=1S/C18H37N.3ClH.Ir/c1-2-3-4-5-6-7-8-9-10-11-12-13-14-15-16-17-18-19;;;;/h9-10H,2-8,11-19H2,1H3;3*1H;/q;;;;+3/p-3/b10-9-;;;;. The van der Waals surface area contributed by atoms with E-state index in [0.29, 0.717) is 0 Å². The average Bonchev–Trinajstić information content (AvgIpc) is 2.50. The molecule has 0 aliphatic carbocycles. The van der Waals surface area contributed by atoms with Crippen molar-refractivity contribution in [1.82, 2.24) is 0 Å². The molecular formula is C18H37Cl3IrN. The van der Waals surface area contributed by atoms with Gasteiger partial charge >= 0.3 is 42.2 Å². The summed E-state index contributed by atoms with van der Waals surface area (Å²) in [6, 6.07) is 0. The van der Waals surface area contributed by atoms with Crippen LogP contribution in [0.4, 0.5) is 0 Å². The number of halogens is 3. The number of allylic oxidation sites excluding steroid dienone is 2. The SMILES string of the molecule is CCCCCCCC/C=C\CCCCCCCCN.[Cl][Ir]([Cl])[Cl]. The van der Waals surface area contributed by atoms with Gasteiger partial charge in [-0.2, -0.15) is 0 Å². The third kappa shape index (κ3) is 35.3. The van der Waals surface area contributed by atoms with Crippen molar-refractivity contribution in [2.75, 3.05) is 6.54 Å². The van der Waals surface area contributed by atoms with E-state index in [1.165, 1.54) is 89.9 Å². The van der Waals surface area contributed by atoms with E-state index in [1.54, 1.807) is 0 Å². The summed E-state index contributed by atoms with van der Waals surface area (Å²) < 4.78 is 0. The molecular weight excluding hydrogens is 529 g/mol. The van der Waals surface area contributed by atoms with Crippen molar-refractivity contribution in [1.29, 1.82) is 0 Å². The van der Waals surface area contributed by atoms with Gasteiger partial charge in [0.1, 0.15) is 0 Å². The second kappa shape index (κ2) is 25.5. The molecule has 0 aromatic carbocycles. The van der Waals surface area contributed by atoms with Crippen LogP contribution in [0.2, 0.25) is 0 Å². The van der Waals surface area contributed by atoms with Gasteiger partial charge in [0, 0.05) is 0 Å². The molecule has 23 heavy (non-hydrogen) atoms. The van der Waals surface area contributed by atoms with Crippen LogP contribution >= 0.6 is 28.8 Å². The number of rotatable bonds is 15. The topological polar surface area (TPSA) is 26.0 Å². The van der Waals surface area contributed by atoms with Gasteiger partial charge < -0.3 is 5.73 Å². The normalized spacial score (nSPS) is 11.4. The average molecular weight is 566 g/mol. The van der Waals surface area contributed by atoms with E-state index >= 15 is 0 Å². The van der Waals surface area contributed by atoms with Crippen LogP contribution in [-0.2, 0) is 13.5 Å². The maximum atomic E-state index is 5.47. The van der Waals surface area contributed by atoms with Crippen molar-refractivity contribution in [2.24, 2.45) is 5.73 Å². The number of hydrogen-bond acceptors (Lipinski definition) is 1. The van der Waals surface area contributed by atoms with Gasteiger partial charge in [0.25, 0.3) is 0 Å². The van der Waals surface area contributed by atoms with Crippen molar-refractivity contribution in [3.05, 3.63) is 12.2 Å². The Hall–Kier alpha value is 1.22. The monoisotopic (exact) mass is 565 g/mol. The maximum absolute atomic E-state index is 5.47. The first kappa shape index (κ1) is 26.4. The molecule has 0 saturated carbocycles. The van der Waals surface area contributed by atoms with E-state index in [0.717, 1.165) is 6.54 Å². The minimum atomic E-state index is -1.92. The van der Waals surface area contributed by atoms with Gasteiger partial charge in [0.15, 0.2) is 0 Å². The van der Waals surface area contributed by atoms with Crippen LogP contribution in [0.3, 0.4) is 0 Å². The predicted octanol–water partition coefficient (Wildman–Crippen LogP) is 8.05. The van der Waals surface area contributed by atoms with Gasteiger partial charge in [0.05, 0.1) is 0 Å². The predicted molar refractivity (Wildman–Crippen MR) is 106 cm³/mol. The fourth-order valence-electron chi connectivity index (χ4n) is 2.39. The van der Waals surface area contributed by atoms with Crippen molar-refractivity contribution in [3.8, 4) is 0 Å². The molecule has 144 valence electrons. The summed E-state index contributed by atoms with van der Waals surface area (Å²) in [5.41, 5.74) is 5.47. The van der Waals surface area contributed by atoms with Crippen LogP contribution in [-0.4, -0.2) is 6.54 Å². The minimum absolute atomic E-state index is 0.862. The quantitative estimate of drug-likeness (QED) is 0.158. The van der Waals surface area contributed by atoms with Gasteiger partial charge in [-0.1, -0.05) is 76.9 Å². The molecule has 0 spiro atoms. The second-order valence-electron chi connectivity index (χ2n) is 5.87. The molecule has 0 aromatic heterocycles. The second-order valence-corrected chi connectivity index (χ2v) is 16.3. The van der Waals surface area contributed by atoms with Gasteiger partial charge in [-0.25, -0.2) is 0 Å². The van der Waals surface area contributed by atoms with Crippen molar-refractivity contribution >= 4 is 28.8 Å². The van der Waals surface area contributed by atoms with Gasteiger partial charge in [-0.15, -0.1) is 0 Å². The molecule has 0 fully saturated rings. The first-order valence-corrected chi connectivity index (χ1v) is 18.0. The third-order valence-corrected chi connectivity index (χ3v) is 3.72. The van der Waals surface area contributed by atoms with Crippen LogP contribution < -0.4 is 5.73 Å². The van der Waals surface area contributed by atoms with Crippen LogP contribution in [0, 0.1) is 0 Å². The summed E-state index contributed by atoms with van der Waals surface area (Å²) in [5, 5.41) is 0. The summed E-state index contributed by atoms with van der Waals surface area (Å²) in [4.78, 5) is 0. The first-order chi connectivity index (χ1) is 11.1. The molecule has 0 rings (SSSR count). The van der Waals surface area contributed by atoms with Crippen LogP contribution in [0.1, 0.15) is 96.8 Å². The molecule has 5 heteroatoms. The fourth-order valence-corrected chi connectivity index (χ4v) is 2.39. The molecule has 0 saturated heterocycles. The molecule has 0 amide bonds. The zero-order chi connectivity index (χ0) is 17.6. The summed E-state index contributed by atoms with van der Waals surface area (Å²) in [6.45, 7) is 3.14. The van der Waals surface area contributed by atoms with E-state index in [4.69, 9.17) is 34.5 Å². The molecule has 0 radical (unpaired) electrons. The molecule has 0 unspecified atom stereocenters.